The van der Waals surface area contributed by atoms with Crippen molar-refractivity contribution in [1.29, 1.82) is 0 Å². The lowest BCUT2D eigenvalue weighted by Gasteiger charge is -2.18. The Morgan fingerprint density at radius 2 is 1.59 bits per heavy atom. The molecule has 172 valence electrons. The van der Waals surface area contributed by atoms with Crippen LogP contribution in [0.3, 0.4) is 0 Å². The number of hydrogen-bond donors (Lipinski definition) is 0. The van der Waals surface area contributed by atoms with Crippen LogP contribution in [0.15, 0.2) is 24.3 Å². The van der Waals surface area contributed by atoms with E-state index in [2.05, 4.69) is 32.8 Å². The van der Waals surface area contributed by atoms with Crippen LogP contribution >= 0.6 is 11.6 Å². The third-order valence-corrected chi connectivity index (χ3v) is 6.40. The molecule has 0 aliphatic heterocycles. The van der Waals surface area contributed by atoms with E-state index >= 15 is 0 Å². The SMILES string of the molecule is Cc1nn(Cc2ccccc2Cl)c(C)c1CN(C)C(=O)Cc1c(C)nn(CC(C)C)c1C. The summed E-state index contributed by atoms with van der Waals surface area (Å²) in [5, 5.41) is 10.1. The summed E-state index contributed by atoms with van der Waals surface area (Å²) in [5.41, 5.74) is 7.15. The number of halogens is 1. The normalized spacial score (nSPS) is 11.4. The zero-order valence-electron chi connectivity index (χ0n) is 20.2. The van der Waals surface area contributed by atoms with E-state index in [-0.39, 0.29) is 5.91 Å². The average molecular weight is 456 g/mol. The Morgan fingerprint density at radius 1 is 1.00 bits per heavy atom. The molecule has 0 unspecified atom stereocenters. The Morgan fingerprint density at radius 3 is 2.25 bits per heavy atom. The van der Waals surface area contributed by atoms with Crippen LogP contribution in [-0.4, -0.2) is 37.4 Å². The van der Waals surface area contributed by atoms with Crippen molar-refractivity contribution in [3.63, 3.8) is 0 Å². The highest BCUT2D eigenvalue weighted by Gasteiger charge is 2.20. The number of aromatic nitrogens is 4. The molecule has 0 saturated carbocycles. The standard InChI is InChI=1S/C25H34ClN5O/c1-16(2)13-30-19(5)22(17(3)27-30)12-25(32)29(7)15-23-18(4)28-31(20(23)6)14-21-10-8-9-11-24(21)26/h8-11,16H,12-15H2,1-7H3. The molecule has 0 bridgehead atoms. The molecule has 32 heavy (non-hydrogen) atoms. The van der Waals surface area contributed by atoms with Crippen molar-refractivity contribution >= 4 is 17.5 Å². The van der Waals surface area contributed by atoms with Gasteiger partial charge in [-0.25, -0.2) is 0 Å². The summed E-state index contributed by atoms with van der Waals surface area (Å²) >= 11 is 6.33. The quantitative estimate of drug-likeness (QED) is 0.486. The molecule has 6 nitrogen and oxygen atoms in total. The van der Waals surface area contributed by atoms with Gasteiger partial charge in [0.15, 0.2) is 0 Å². The summed E-state index contributed by atoms with van der Waals surface area (Å²) in [5.74, 6) is 0.588. The second-order valence-corrected chi connectivity index (χ2v) is 9.46. The first-order chi connectivity index (χ1) is 15.1. The van der Waals surface area contributed by atoms with E-state index in [1.165, 1.54) is 0 Å². The van der Waals surface area contributed by atoms with Crippen molar-refractivity contribution in [1.82, 2.24) is 24.5 Å². The van der Waals surface area contributed by atoms with E-state index in [0.717, 1.165) is 51.0 Å². The first-order valence-corrected chi connectivity index (χ1v) is 11.5. The minimum absolute atomic E-state index is 0.0814. The second-order valence-electron chi connectivity index (χ2n) is 9.05. The number of amides is 1. The highest BCUT2D eigenvalue weighted by molar-refractivity contribution is 6.31. The van der Waals surface area contributed by atoms with Crippen LogP contribution < -0.4 is 0 Å². The van der Waals surface area contributed by atoms with Gasteiger partial charge in [-0.3, -0.25) is 14.2 Å². The summed E-state index contributed by atoms with van der Waals surface area (Å²) in [4.78, 5) is 14.8. The molecule has 2 aromatic heterocycles. The fourth-order valence-corrected chi connectivity index (χ4v) is 4.23. The second kappa shape index (κ2) is 9.90. The van der Waals surface area contributed by atoms with Gasteiger partial charge in [0, 0.05) is 47.7 Å². The largest absolute Gasteiger partial charge is 0.341 e. The molecule has 0 spiro atoms. The monoisotopic (exact) mass is 455 g/mol. The number of nitrogens with zero attached hydrogens (tertiary/aromatic N) is 5. The first kappa shape index (κ1) is 24.1. The molecule has 0 aliphatic rings. The van der Waals surface area contributed by atoms with Crippen molar-refractivity contribution < 1.29 is 4.79 Å². The molecule has 2 heterocycles. The maximum absolute atomic E-state index is 13.1. The average Bonchev–Trinajstić information content (AvgIpc) is 3.13. The molecular weight excluding hydrogens is 422 g/mol. The van der Waals surface area contributed by atoms with Crippen molar-refractivity contribution in [2.24, 2.45) is 5.92 Å². The summed E-state index contributed by atoms with van der Waals surface area (Å²) in [6, 6.07) is 7.81. The number of hydrogen-bond acceptors (Lipinski definition) is 3. The lowest BCUT2D eigenvalue weighted by molar-refractivity contribution is -0.129. The van der Waals surface area contributed by atoms with Crippen LogP contribution in [0.4, 0.5) is 0 Å². The third kappa shape index (κ3) is 5.23. The lowest BCUT2D eigenvalue weighted by Crippen LogP contribution is -2.28. The van der Waals surface area contributed by atoms with Crippen LogP contribution in [0.2, 0.25) is 5.02 Å². The van der Waals surface area contributed by atoms with Gasteiger partial charge in [0.25, 0.3) is 0 Å². The summed E-state index contributed by atoms with van der Waals surface area (Å²) in [6.45, 7) is 14.4. The van der Waals surface area contributed by atoms with Crippen molar-refractivity contribution in [2.45, 2.75) is 67.6 Å². The van der Waals surface area contributed by atoms with Crippen LogP contribution in [0.25, 0.3) is 0 Å². The first-order valence-electron chi connectivity index (χ1n) is 11.1. The smallest absolute Gasteiger partial charge is 0.227 e. The summed E-state index contributed by atoms with van der Waals surface area (Å²) in [6.07, 6.45) is 0.359. The summed E-state index contributed by atoms with van der Waals surface area (Å²) in [7, 11) is 1.86. The van der Waals surface area contributed by atoms with Gasteiger partial charge in [-0.1, -0.05) is 43.6 Å². The Balaban J connectivity index is 1.73. The number of aryl methyl sites for hydroxylation is 2. The lowest BCUT2D eigenvalue weighted by atomic mass is 10.1. The zero-order chi connectivity index (χ0) is 23.6. The van der Waals surface area contributed by atoms with E-state index in [0.29, 0.717) is 25.4 Å². The predicted octanol–water partition coefficient (Wildman–Crippen LogP) is 4.87. The Kier molecular flexibility index (Phi) is 7.44. The molecule has 3 aromatic rings. The Bertz CT molecular complexity index is 1110. The number of carbonyl (C=O) groups excluding carboxylic acids is 1. The fraction of sp³-hybridized carbons (Fsp3) is 0.480. The highest BCUT2D eigenvalue weighted by atomic mass is 35.5. The van der Waals surface area contributed by atoms with Crippen molar-refractivity contribution in [3.05, 3.63) is 68.8 Å². The topological polar surface area (TPSA) is 56.0 Å². The van der Waals surface area contributed by atoms with Gasteiger partial charge < -0.3 is 4.90 Å². The Hall–Kier alpha value is -2.60. The fourth-order valence-electron chi connectivity index (χ4n) is 4.03. The maximum Gasteiger partial charge on any atom is 0.227 e. The molecule has 0 atom stereocenters. The maximum atomic E-state index is 13.1. The van der Waals surface area contributed by atoms with Crippen LogP contribution in [0.1, 0.15) is 53.3 Å². The highest BCUT2D eigenvalue weighted by Crippen LogP contribution is 2.21. The Labute approximate surface area is 196 Å². The third-order valence-electron chi connectivity index (χ3n) is 6.03. The van der Waals surface area contributed by atoms with Gasteiger partial charge in [0.2, 0.25) is 5.91 Å². The molecular formula is C25H34ClN5O. The zero-order valence-corrected chi connectivity index (χ0v) is 21.0. The van der Waals surface area contributed by atoms with Crippen LogP contribution in [0, 0.1) is 33.6 Å². The van der Waals surface area contributed by atoms with E-state index in [1.807, 2.05) is 54.5 Å². The molecule has 0 radical (unpaired) electrons. The molecule has 0 fully saturated rings. The van der Waals surface area contributed by atoms with Gasteiger partial charge in [-0.2, -0.15) is 10.2 Å². The van der Waals surface area contributed by atoms with E-state index in [9.17, 15) is 4.79 Å². The van der Waals surface area contributed by atoms with Gasteiger partial charge in [-0.05, 0) is 45.2 Å². The molecule has 3 rings (SSSR count). The van der Waals surface area contributed by atoms with Gasteiger partial charge in [0.1, 0.15) is 0 Å². The molecule has 0 aliphatic carbocycles. The van der Waals surface area contributed by atoms with Crippen LogP contribution in [-0.2, 0) is 30.8 Å². The van der Waals surface area contributed by atoms with Crippen LogP contribution in [0.5, 0.6) is 0 Å². The molecule has 1 aromatic carbocycles. The predicted molar refractivity (Wildman–Crippen MR) is 129 cm³/mol. The minimum Gasteiger partial charge on any atom is -0.341 e. The van der Waals surface area contributed by atoms with Gasteiger partial charge in [-0.15, -0.1) is 0 Å². The van der Waals surface area contributed by atoms with Gasteiger partial charge >= 0.3 is 0 Å². The van der Waals surface area contributed by atoms with E-state index in [1.54, 1.807) is 4.90 Å². The van der Waals surface area contributed by atoms with Gasteiger partial charge in [0.05, 0.1) is 24.4 Å². The number of likely N-dealkylation sites (N-methyl/N-ethyl adjacent to an activating group) is 1. The molecule has 0 N–H and O–H groups in total. The minimum atomic E-state index is 0.0814. The van der Waals surface area contributed by atoms with Crippen molar-refractivity contribution in [2.75, 3.05) is 7.05 Å². The number of benzene rings is 1. The van der Waals surface area contributed by atoms with E-state index < -0.39 is 0 Å². The molecule has 0 saturated heterocycles. The molecule has 7 heteroatoms. The van der Waals surface area contributed by atoms with Crippen molar-refractivity contribution in [3.8, 4) is 0 Å². The number of carbonyl (C=O) groups is 1. The van der Waals surface area contributed by atoms with E-state index in [4.69, 9.17) is 16.7 Å². The summed E-state index contributed by atoms with van der Waals surface area (Å²) < 4.78 is 3.99. The molecule has 1 amide bonds. The number of rotatable bonds is 8.